The van der Waals surface area contributed by atoms with Gasteiger partial charge in [0, 0.05) is 37.4 Å². The lowest BCUT2D eigenvalue weighted by Crippen LogP contribution is -2.46. The fraction of sp³-hybridized carbons (Fsp3) is 0.333. The second-order valence-corrected chi connectivity index (χ2v) is 7.08. The van der Waals surface area contributed by atoms with Crippen molar-refractivity contribution in [3.63, 3.8) is 0 Å². The summed E-state index contributed by atoms with van der Waals surface area (Å²) in [6, 6.07) is 6.72. The quantitative estimate of drug-likeness (QED) is 0.611. The molecule has 2 heterocycles. The van der Waals surface area contributed by atoms with E-state index in [-0.39, 0.29) is 5.69 Å². The first-order valence-electron chi connectivity index (χ1n) is 8.78. The first kappa shape index (κ1) is 21.8. The van der Waals surface area contributed by atoms with Gasteiger partial charge in [0.15, 0.2) is 5.69 Å². The molecular formula is C18H18ClF3N6O2. The van der Waals surface area contributed by atoms with Crippen molar-refractivity contribution in [3.05, 3.63) is 58.9 Å². The number of carbonyl (C=O) groups is 1. The molecule has 0 aliphatic heterocycles. The third kappa shape index (κ3) is 4.03. The van der Waals surface area contributed by atoms with E-state index in [9.17, 15) is 23.1 Å². The van der Waals surface area contributed by atoms with Crippen LogP contribution in [0.5, 0.6) is 0 Å². The minimum atomic E-state index is -4.98. The van der Waals surface area contributed by atoms with Crippen LogP contribution < -0.4 is 5.32 Å². The summed E-state index contributed by atoms with van der Waals surface area (Å²) < 4.78 is 43.1. The van der Waals surface area contributed by atoms with Crippen LogP contribution in [0.2, 0.25) is 5.02 Å². The van der Waals surface area contributed by atoms with Crippen LogP contribution in [0.15, 0.2) is 36.7 Å². The molecule has 1 aromatic carbocycles. The molecular weight excluding hydrogens is 425 g/mol. The van der Waals surface area contributed by atoms with E-state index in [1.807, 2.05) is 0 Å². The lowest BCUT2D eigenvalue weighted by molar-refractivity contribution is -0.272. The molecule has 2 aromatic heterocycles. The highest BCUT2D eigenvalue weighted by Gasteiger charge is 2.57. The zero-order valence-electron chi connectivity index (χ0n) is 16.0. The van der Waals surface area contributed by atoms with E-state index >= 15 is 0 Å². The van der Waals surface area contributed by atoms with Crippen molar-refractivity contribution in [1.82, 2.24) is 29.9 Å². The number of nitrogens with one attached hydrogen (secondary N) is 1. The molecule has 12 heteroatoms. The van der Waals surface area contributed by atoms with Crippen molar-refractivity contribution in [2.45, 2.75) is 25.1 Å². The lowest BCUT2D eigenvalue weighted by Gasteiger charge is -2.29. The summed E-state index contributed by atoms with van der Waals surface area (Å²) in [5.74, 6) is -1.28. The predicted molar refractivity (Wildman–Crippen MR) is 101 cm³/mol. The molecule has 0 bridgehead atoms. The number of halogens is 4. The minimum absolute atomic E-state index is 0.0532. The van der Waals surface area contributed by atoms with Gasteiger partial charge in [0.25, 0.3) is 5.91 Å². The van der Waals surface area contributed by atoms with Crippen LogP contribution in [0.3, 0.4) is 0 Å². The molecule has 1 amide bonds. The number of hydrogen-bond donors (Lipinski definition) is 2. The first-order chi connectivity index (χ1) is 14.0. The highest BCUT2D eigenvalue weighted by Crippen LogP contribution is 2.40. The fourth-order valence-electron chi connectivity index (χ4n) is 2.98. The third-order valence-corrected chi connectivity index (χ3v) is 4.83. The lowest BCUT2D eigenvalue weighted by atomic mass is 9.97. The number of imidazole rings is 1. The zero-order valence-corrected chi connectivity index (χ0v) is 16.7. The number of amides is 1. The average molecular weight is 443 g/mol. The monoisotopic (exact) mass is 442 g/mol. The van der Waals surface area contributed by atoms with Crippen LogP contribution in [0, 0.1) is 6.92 Å². The predicted octanol–water partition coefficient (Wildman–Crippen LogP) is 2.53. The van der Waals surface area contributed by atoms with E-state index in [0.29, 0.717) is 16.4 Å². The van der Waals surface area contributed by atoms with Crippen molar-refractivity contribution in [3.8, 4) is 5.69 Å². The molecule has 30 heavy (non-hydrogen) atoms. The standard InChI is InChI=1S/C18H18ClF3N6O2/c1-11-14(25-26-28(11)13-5-3-4-12(19)10-13)15(29)23-7-6-17(30,18(20,21)22)16-24-8-9-27(16)2/h3-5,8-10,30H,6-7H2,1-2H3,(H,23,29). The van der Waals surface area contributed by atoms with Gasteiger partial charge in [0.1, 0.15) is 5.82 Å². The number of rotatable bonds is 6. The van der Waals surface area contributed by atoms with Gasteiger partial charge in [-0.1, -0.05) is 22.9 Å². The Morgan fingerprint density at radius 2 is 2.07 bits per heavy atom. The van der Waals surface area contributed by atoms with Crippen molar-refractivity contribution in [1.29, 1.82) is 0 Å². The Bertz CT molecular complexity index is 1060. The van der Waals surface area contributed by atoms with Crippen LogP contribution in [-0.2, 0) is 12.6 Å². The topological polar surface area (TPSA) is 97.9 Å². The summed E-state index contributed by atoms with van der Waals surface area (Å²) in [5, 5.41) is 20.8. The van der Waals surface area contributed by atoms with Gasteiger partial charge < -0.3 is 15.0 Å². The Labute approximate surface area is 174 Å². The number of alkyl halides is 3. The SMILES string of the molecule is Cc1c(C(=O)NCCC(O)(c2nccn2C)C(F)(F)F)nnn1-c1cccc(Cl)c1. The van der Waals surface area contributed by atoms with Gasteiger partial charge >= 0.3 is 6.18 Å². The average Bonchev–Trinajstić information content (AvgIpc) is 3.26. The van der Waals surface area contributed by atoms with Gasteiger partial charge in [-0.2, -0.15) is 13.2 Å². The van der Waals surface area contributed by atoms with Crippen LogP contribution >= 0.6 is 11.6 Å². The Morgan fingerprint density at radius 1 is 1.33 bits per heavy atom. The molecule has 1 unspecified atom stereocenters. The second kappa shape index (κ2) is 8.07. The van der Waals surface area contributed by atoms with Crippen LogP contribution in [0.1, 0.15) is 28.4 Å². The Kier molecular flexibility index (Phi) is 5.86. The van der Waals surface area contributed by atoms with Gasteiger partial charge in [0.05, 0.1) is 11.4 Å². The maximum absolute atomic E-state index is 13.5. The Balaban J connectivity index is 1.74. The molecule has 3 aromatic rings. The van der Waals surface area contributed by atoms with Gasteiger partial charge in [-0.15, -0.1) is 5.10 Å². The van der Waals surface area contributed by atoms with E-state index < -0.39 is 36.5 Å². The normalized spacial score (nSPS) is 13.8. The highest BCUT2D eigenvalue weighted by molar-refractivity contribution is 6.30. The molecule has 2 N–H and O–H groups in total. The van der Waals surface area contributed by atoms with E-state index in [2.05, 4.69) is 20.6 Å². The van der Waals surface area contributed by atoms with Crippen molar-refractivity contribution in [2.24, 2.45) is 7.05 Å². The molecule has 8 nitrogen and oxygen atoms in total. The Hall–Kier alpha value is -2.92. The van der Waals surface area contributed by atoms with Crippen LogP contribution in [0.4, 0.5) is 13.2 Å². The molecule has 0 aliphatic rings. The highest BCUT2D eigenvalue weighted by atomic mass is 35.5. The van der Waals surface area contributed by atoms with E-state index in [4.69, 9.17) is 11.6 Å². The molecule has 0 saturated carbocycles. The number of hydrogen-bond acceptors (Lipinski definition) is 5. The van der Waals surface area contributed by atoms with Gasteiger partial charge in [-0.3, -0.25) is 4.79 Å². The maximum Gasteiger partial charge on any atom is 0.424 e. The number of benzene rings is 1. The third-order valence-electron chi connectivity index (χ3n) is 4.59. The molecule has 0 aliphatic carbocycles. The molecule has 0 spiro atoms. The molecule has 1 atom stereocenters. The molecule has 0 saturated heterocycles. The van der Waals surface area contributed by atoms with Gasteiger partial charge in [-0.25, -0.2) is 9.67 Å². The molecule has 160 valence electrons. The summed E-state index contributed by atoms with van der Waals surface area (Å²) >= 11 is 5.95. The number of aryl methyl sites for hydroxylation is 1. The summed E-state index contributed by atoms with van der Waals surface area (Å²) in [4.78, 5) is 16.0. The summed E-state index contributed by atoms with van der Waals surface area (Å²) in [6.07, 6.45) is -3.36. The number of carbonyl (C=O) groups excluding carboxylic acids is 1. The largest absolute Gasteiger partial charge is 0.424 e. The summed E-state index contributed by atoms with van der Waals surface area (Å²) in [7, 11) is 1.34. The number of nitrogens with zero attached hydrogens (tertiary/aromatic N) is 5. The van der Waals surface area contributed by atoms with E-state index in [1.165, 1.54) is 17.9 Å². The smallest absolute Gasteiger partial charge is 0.374 e. The minimum Gasteiger partial charge on any atom is -0.374 e. The van der Waals surface area contributed by atoms with E-state index in [0.717, 1.165) is 10.8 Å². The molecule has 0 radical (unpaired) electrons. The second-order valence-electron chi connectivity index (χ2n) is 6.64. The number of aliphatic hydroxyl groups is 1. The maximum atomic E-state index is 13.5. The van der Waals surface area contributed by atoms with Gasteiger partial charge in [0.2, 0.25) is 5.60 Å². The number of aromatic nitrogens is 5. The fourth-order valence-corrected chi connectivity index (χ4v) is 3.16. The summed E-state index contributed by atoms with van der Waals surface area (Å²) in [5.41, 5.74) is -2.31. The van der Waals surface area contributed by atoms with Gasteiger partial charge in [-0.05, 0) is 25.1 Å². The Morgan fingerprint density at radius 3 is 2.67 bits per heavy atom. The van der Waals surface area contributed by atoms with Crippen LogP contribution in [0.25, 0.3) is 5.69 Å². The van der Waals surface area contributed by atoms with Crippen molar-refractivity contribution >= 4 is 17.5 Å². The zero-order chi connectivity index (χ0) is 22.1. The molecule has 0 fully saturated rings. The molecule has 3 rings (SSSR count). The first-order valence-corrected chi connectivity index (χ1v) is 9.16. The van der Waals surface area contributed by atoms with E-state index in [1.54, 1.807) is 31.2 Å². The van der Waals surface area contributed by atoms with Crippen molar-refractivity contribution < 1.29 is 23.1 Å². The van der Waals surface area contributed by atoms with Crippen LogP contribution in [-0.4, -0.2) is 48.3 Å². The summed E-state index contributed by atoms with van der Waals surface area (Å²) in [6.45, 7) is 1.13. The van der Waals surface area contributed by atoms with Crippen molar-refractivity contribution in [2.75, 3.05) is 6.54 Å².